The maximum Gasteiger partial charge on any atom is 0.221 e. The number of halogens is 1. The van der Waals surface area contributed by atoms with E-state index < -0.39 is 0 Å². The molecule has 0 aliphatic heterocycles. The number of aromatic nitrogens is 1. The largest absolute Gasteiger partial charge is 0.344 e. The molecule has 0 spiro atoms. The Morgan fingerprint density at radius 1 is 1.00 bits per heavy atom. The third-order valence-corrected chi connectivity index (χ3v) is 4.44. The van der Waals surface area contributed by atoms with E-state index in [0.29, 0.717) is 12.8 Å². The molecule has 0 aliphatic carbocycles. The molecule has 1 unspecified atom stereocenters. The van der Waals surface area contributed by atoms with Crippen molar-refractivity contribution >= 4 is 21.8 Å². The summed E-state index contributed by atoms with van der Waals surface area (Å²) in [4.78, 5) is 16.9. The Morgan fingerprint density at radius 2 is 1.80 bits per heavy atom. The first-order valence-corrected chi connectivity index (χ1v) is 9.01. The Labute approximate surface area is 156 Å². The van der Waals surface area contributed by atoms with Gasteiger partial charge in [0.1, 0.15) is 0 Å². The summed E-state index contributed by atoms with van der Waals surface area (Å²) < 4.78 is 1.03. The van der Waals surface area contributed by atoms with Crippen molar-refractivity contribution in [3.05, 3.63) is 100 Å². The van der Waals surface area contributed by atoms with Crippen molar-refractivity contribution in [3.63, 3.8) is 0 Å². The van der Waals surface area contributed by atoms with Crippen LogP contribution in [0.15, 0.2) is 83.5 Å². The Hall–Kier alpha value is -2.46. The SMILES string of the molecule is O=C(CCc1cccc(Br)c1)NC(c1ccccc1)c1ccccn1. The van der Waals surface area contributed by atoms with Gasteiger partial charge in [-0.15, -0.1) is 0 Å². The average Bonchev–Trinajstić information content (AvgIpc) is 2.66. The van der Waals surface area contributed by atoms with Gasteiger partial charge in [0.15, 0.2) is 0 Å². The van der Waals surface area contributed by atoms with Crippen LogP contribution in [0.25, 0.3) is 0 Å². The van der Waals surface area contributed by atoms with E-state index in [9.17, 15) is 4.79 Å². The predicted octanol–water partition coefficient (Wildman–Crippen LogP) is 4.68. The highest BCUT2D eigenvalue weighted by atomic mass is 79.9. The number of carbonyl (C=O) groups excluding carboxylic acids is 1. The fourth-order valence-electron chi connectivity index (χ4n) is 2.70. The lowest BCUT2D eigenvalue weighted by Crippen LogP contribution is -2.30. The van der Waals surface area contributed by atoms with Crippen molar-refractivity contribution in [2.45, 2.75) is 18.9 Å². The van der Waals surface area contributed by atoms with Crippen LogP contribution in [0.4, 0.5) is 0 Å². The molecule has 3 aromatic rings. The van der Waals surface area contributed by atoms with E-state index in [-0.39, 0.29) is 11.9 Å². The number of hydrogen-bond donors (Lipinski definition) is 1. The Balaban J connectivity index is 1.71. The first kappa shape index (κ1) is 17.4. The molecule has 0 radical (unpaired) electrons. The molecule has 0 saturated heterocycles. The van der Waals surface area contributed by atoms with Gasteiger partial charge in [-0.05, 0) is 41.8 Å². The standard InChI is InChI=1S/C21H19BrN2O/c22-18-10-6-7-16(15-18)12-13-20(25)24-21(17-8-2-1-3-9-17)19-11-4-5-14-23-19/h1-11,14-15,21H,12-13H2,(H,24,25). The highest BCUT2D eigenvalue weighted by molar-refractivity contribution is 9.10. The summed E-state index contributed by atoms with van der Waals surface area (Å²) in [5.74, 6) is 0.0134. The van der Waals surface area contributed by atoms with Crippen LogP contribution in [0.3, 0.4) is 0 Å². The summed E-state index contributed by atoms with van der Waals surface area (Å²) in [6.45, 7) is 0. The second kappa shape index (κ2) is 8.58. The number of nitrogens with zero attached hydrogens (tertiary/aromatic N) is 1. The summed E-state index contributed by atoms with van der Waals surface area (Å²) >= 11 is 3.46. The van der Waals surface area contributed by atoms with Crippen LogP contribution in [-0.2, 0) is 11.2 Å². The highest BCUT2D eigenvalue weighted by Crippen LogP contribution is 2.20. The molecule has 25 heavy (non-hydrogen) atoms. The van der Waals surface area contributed by atoms with E-state index in [1.165, 1.54) is 0 Å². The minimum absolute atomic E-state index is 0.0134. The zero-order valence-electron chi connectivity index (χ0n) is 13.7. The normalized spacial score (nSPS) is 11.7. The zero-order chi connectivity index (χ0) is 17.5. The molecule has 0 fully saturated rings. The molecule has 3 rings (SSSR count). The van der Waals surface area contributed by atoms with Crippen LogP contribution < -0.4 is 5.32 Å². The van der Waals surface area contributed by atoms with Crippen molar-refractivity contribution in [1.29, 1.82) is 0 Å². The van der Waals surface area contributed by atoms with Gasteiger partial charge in [-0.25, -0.2) is 0 Å². The van der Waals surface area contributed by atoms with Crippen molar-refractivity contribution in [2.75, 3.05) is 0 Å². The number of aryl methyl sites for hydroxylation is 1. The second-order valence-corrected chi connectivity index (χ2v) is 6.71. The van der Waals surface area contributed by atoms with Crippen molar-refractivity contribution < 1.29 is 4.79 Å². The van der Waals surface area contributed by atoms with E-state index in [4.69, 9.17) is 0 Å². The van der Waals surface area contributed by atoms with Gasteiger partial charge in [-0.1, -0.05) is 64.5 Å². The van der Waals surface area contributed by atoms with E-state index in [2.05, 4.69) is 26.2 Å². The smallest absolute Gasteiger partial charge is 0.221 e. The fraction of sp³-hybridized carbons (Fsp3) is 0.143. The molecule has 126 valence electrons. The molecule has 2 aromatic carbocycles. The van der Waals surface area contributed by atoms with Crippen LogP contribution in [0, 0.1) is 0 Å². The summed E-state index contributed by atoms with van der Waals surface area (Å²) in [6.07, 6.45) is 2.89. The topological polar surface area (TPSA) is 42.0 Å². The number of rotatable bonds is 6. The Bertz CT molecular complexity index is 782. The molecule has 4 heteroatoms. The third kappa shape index (κ3) is 5.00. The molecule has 1 heterocycles. The Kier molecular flexibility index (Phi) is 5.96. The molecular weight excluding hydrogens is 376 g/mol. The van der Waals surface area contributed by atoms with E-state index in [1.807, 2.05) is 72.8 Å². The first-order chi connectivity index (χ1) is 12.2. The molecular formula is C21H19BrN2O. The lowest BCUT2D eigenvalue weighted by Gasteiger charge is -2.19. The summed E-state index contributed by atoms with van der Waals surface area (Å²) in [7, 11) is 0. The molecule has 0 aliphatic rings. The third-order valence-electron chi connectivity index (χ3n) is 3.95. The quantitative estimate of drug-likeness (QED) is 0.659. The molecule has 0 bridgehead atoms. The van der Waals surface area contributed by atoms with Crippen LogP contribution >= 0.6 is 15.9 Å². The van der Waals surface area contributed by atoms with E-state index >= 15 is 0 Å². The monoisotopic (exact) mass is 394 g/mol. The number of nitrogens with one attached hydrogen (secondary N) is 1. The molecule has 1 amide bonds. The Morgan fingerprint density at radius 3 is 2.52 bits per heavy atom. The fourth-order valence-corrected chi connectivity index (χ4v) is 3.15. The van der Waals surface area contributed by atoms with Crippen LogP contribution in [-0.4, -0.2) is 10.9 Å². The van der Waals surface area contributed by atoms with Crippen molar-refractivity contribution in [1.82, 2.24) is 10.3 Å². The number of hydrogen-bond acceptors (Lipinski definition) is 2. The highest BCUT2D eigenvalue weighted by Gasteiger charge is 2.17. The van der Waals surface area contributed by atoms with Crippen LogP contribution in [0.1, 0.15) is 29.3 Å². The number of carbonyl (C=O) groups is 1. The van der Waals surface area contributed by atoms with Crippen LogP contribution in [0.5, 0.6) is 0 Å². The molecule has 1 aromatic heterocycles. The van der Waals surface area contributed by atoms with Gasteiger partial charge in [0, 0.05) is 17.1 Å². The van der Waals surface area contributed by atoms with Gasteiger partial charge in [-0.2, -0.15) is 0 Å². The van der Waals surface area contributed by atoms with Crippen LogP contribution in [0.2, 0.25) is 0 Å². The number of pyridine rings is 1. The van der Waals surface area contributed by atoms with Crippen molar-refractivity contribution in [2.24, 2.45) is 0 Å². The maximum atomic E-state index is 12.5. The predicted molar refractivity (Wildman–Crippen MR) is 103 cm³/mol. The maximum absolute atomic E-state index is 12.5. The van der Waals surface area contributed by atoms with Gasteiger partial charge in [0.05, 0.1) is 11.7 Å². The van der Waals surface area contributed by atoms with Gasteiger partial charge in [0.25, 0.3) is 0 Å². The summed E-state index contributed by atoms with van der Waals surface area (Å²) in [5, 5.41) is 3.12. The van der Waals surface area contributed by atoms with Gasteiger partial charge in [0.2, 0.25) is 5.91 Å². The molecule has 1 atom stereocenters. The molecule has 0 saturated carbocycles. The minimum Gasteiger partial charge on any atom is -0.344 e. The number of amides is 1. The average molecular weight is 395 g/mol. The molecule has 3 nitrogen and oxygen atoms in total. The number of benzene rings is 2. The first-order valence-electron chi connectivity index (χ1n) is 8.22. The minimum atomic E-state index is -0.239. The zero-order valence-corrected chi connectivity index (χ0v) is 15.3. The lowest BCUT2D eigenvalue weighted by molar-refractivity contribution is -0.121. The molecule has 1 N–H and O–H groups in total. The summed E-state index contributed by atoms with van der Waals surface area (Å²) in [6, 6.07) is 23.5. The van der Waals surface area contributed by atoms with Gasteiger partial charge < -0.3 is 5.32 Å². The van der Waals surface area contributed by atoms with E-state index in [0.717, 1.165) is 21.3 Å². The summed E-state index contributed by atoms with van der Waals surface area (Å²) in [5.41, 5.74) is 3.00. The van der Waals surface area contributed by atoms with E-state index in [1.54, 1.807) is 6.20 Å². The second-order valence-electron chi connectivity index (χ2n) is 5.80. The van der Waals surface area contributed by atoms with Gasteiger partial charge in [-0.3, -0.25) is 9.78 Å². The lowest BCUT2D eigenvalue weighted by atomic mass is 10.0. The van der Waals surface area contributed by atoms with Crippen molar-refractivity contribution in [3.8, 4) is 0 Å². The van der Waals surface area contributed by atoms with Gasteiger partial charge >= 0.3 is 0 Å².